The Hall–Kier alpha value is -7.60. The van der Waals surface area contributed by atoms with Crippen molar-refractivity contribution in [1.29, 1.82) is 0 Å². The zero-order valence-electron chi connectivity index (χ0n) is 29.4. The number of rotatable bonds is 4. The Balaban J connectivity index is 0.00000455. The Morgan fingerprint density at radius 3 is 0.667 bits per heavy atom. The summed E-state index contributed by atoms with van der Waals surface area (Å²) in [6.07, 6.45) is 6.66. The number of phenols is 8. The Morgan fingerprint density at radius 1 is 0.281 bits per heavy atom. The quantitative estimate of drug-likeness (QED) is 0.0762. The van der Waals surface area contributed by atoms with Gasteiger partial charge in [-0.15, -0.1) is 0 Å². The van der Waals surface area contributed by atoms with Gasteiger partial charge in [0.2, 0.25) is 0 Å². The van der Waals surface area contributed by atoms with E-state index in [1.54, 1.807) is 48.6 Å². The maximum atomic E-state index is 11.2. The van der Waals surface area contributed by atoms with E-state index in [0.29, 0.717) is 22.1 Å². The molecule has 7 aromatic rings. The molecule has 0 unspecified atom stereocenters. The number of hydrogen-bond acceptors (Lipinski definition) is 10. The molecule has 0 atom stereocenters. The van der Waals surface area contributed by atoms with E-state index in [9.17, 15) is 40.9 Å². The van der Waals surface area contributed by atoms with E-state index >= 15 is 0 Å². The van der Waals surface area contributed by atoms with Crippen LogP contribution in [0.3, 0.4) is 0 Å². The molecular weight excluding hydrogens is 768 g/mol. The first kappa shape index (κ1) is 36.4. The molecule has 9 rings (SSSR count). The van der Waals surface area contributed by atoms with Crippen LogP contribution >= 0.6 is 0 Å². The minimum Gasteiger partial charge on any atom is -0.507 e. The third kappa shape index (κ3) is 5.94. The molecule has 0 fully saturated rings. The van der Waals surface area contributed by atoms with E-state index in [1.165, 1.54) is 72.8 Å². The Labute approximate surface area is 333 Å². The van der Waals surface area contributed by atoms with Crippen molar-refractivity contribution in [2.75, 3.05) is 0 Å². The number of aromatic nitrogens is 4. The number of fused-ring (bicyclic) bond motifs is 8. The van der Waals surface area contributed by atoms with Gasteiger partial charge < -0.3 is 50.8 Å². The van der Waals surface area contributed by atoms with E-state index in [0.717, 1.165) is 0 Å². The fourth-order valence-corrected chi connectivity index (χ4v) is 7.40. The van der Waals surface area contributed by atoms with Crippen LogP contribution in [0, 0.1) is 0 Å². The molecule has 0 radical (unpaired) electrons. The van der Waals surface area contributed by atoms with E-state index in [4.69, 9.17) is 9.97 Å². The predicted molar refractivity (Wildman–Crippen MR) is 214 cm³/mol. The number of phenolic OH excluding ortho intramolecular Hbond substituents is 8. The van der Waals surface area contributed by atoms with Gasteiger partial charge in [0.25, 0.3) is 0 Å². The molecule has 0 saturated heterocycles. The molecular formula is C44H30FeN4O8. The first-order valence-corrected chi connectivity index (χ1v) is 17.3. The largest absolute Gasteiger partial charge is 0.507 e. The van der Waals surface area contributed by atoms with Crippen molar-refractivity contribution < 1.29 is 57.9 Å². The predicted octanol–water partition coefficient (Wildman–Crippen LogP) is 8.97. The fraction of sp³-hybridized carbons (Fsp3) is 0. The summed E-state index contributed by atoms with van der Waals surface area (Å²) < 4.78 is 0. The van der Waals surface area contributed by atoms with Crippen LogP contribution in [0.2, 0.25) is 0 Å². The first-order valence-electron chi connectivity index (χ1n) is 17.3. The Kier molecular flexibility index (Phi) is 8.88. The third-order valence-corrected chi connectivity index (χ3v) is 9.84. The zero-order chi connectivity index (χ0) is 38.8. The number of H-pyrrole nitrogens is 2. The molecule has 0 spiro atoms. The van der Waals surface area contributed by atoms with Crippen LogP contribution in [-0.2, 0) is 17.1 Å². The molecule has 0 amide bonds. The summed E-state index contributed by atoms with van der Waals surface area (Å²) in [4.78, 5) is 16.6. The molecule has 2 aliphatic rings. The maximum absolute atomic E-state index is 11.2. The van der Waals surface area contributed by atoms with Gasteiger partial charge in [0.05, 0.1) is 45.0 Å². The van der Waals surface area contributed by atoms with Crippen molar-refractivity contribution in [3.05, 3.63) is 120 Å². The van der Waals surface area contributed by atoms with E-state index in [-0.39, 0.29) is 130 Å². The molecule has 5 heterocycles. The second-order valence-corrected chi connectivity index (χ2v) is 13.2. The summed E-state index contributed by atoms with van der Waals surface area (Å²) in [6, 6.07) is 24.2. The van der Waals surface area contributed by atoms with Crippen molar-refractivity contribution in [3.8, 4) is 90.5 Å². The first-order chi connectivity index (χ1) is 27.1. The molecule has 2 aliphatic heterocycles. The normalized spacial score (nSPS) is 11.8. The molecule has 10 N–H and O–H groups in total. The maximum Gasteiger partial charge on any atom is 0.127 e. The minimum absolute atomic E-state index is 0. The van der Waals surface area contributed by atoms with Gasteiger partial charge in [-0.25, -0.2) is 9.97 Å². The van der Waals surface area contributed by atoms with Gasteiger partial charge >= 0.3 is 0 Å². The third-order valence-electron chi connectivity index (χ3n) is 9.84. The van der Waals surface area contributed by atoms with Gasteiger partial charge in [-0.1, -0.05) is 24.3 Å². The molecule has 282 valence electrons. The number of aromatic amines is 2. The second-order valence-electron chi connectivity index (χ2n) is 13.2. The summed E-state index contributed by atoms with van der Waals surface area (Å²) in [5.74, 6) is -1.95. The van der Waals surface area contributed by atoms with Gasteiger partial charge in [0.1, 0.15) is 46.0 Å². The van der Waals surface area contributed by atoms with Crippen LogP contribution in [0.25, 0.3) is 90.9 Å². The van der Waals surface area contributed by atoms with Crippen LogP contribution in [0.4, 0.5) is 0 Å². The zero-order valence-corrected chi connectivity index (χ0v) is 30.5. The van der Waals surface area contributed by atoms with E-state index < -0.39 is 0 Å². The summed E-state index contributed by atoms with van der Waals surface area (Å²) >= 11 is 0. The van der Waals surface area contributed by atoms with Crippen molar-refractivity contribution in [1.82, 2.24) is 19.9 Å². The molecule has 4 aromatic carbocycles. The minimum atomic E-state index is -0.243. The number of nitrogens with one attached hydrogen (secondary N) is 2. The summed E-state index contributed by atoms with van der Waals surface area (Å²) in [7, 11) is 0. The number of nitrogens with zero attached hydrogens (tertiary/aromatic N) is 2. The van der Waals surface area contributed by atoms with Crippen molar-refractivity contribution >= 4 is 46.4 Å². The molecule has 57 heavy (non-hydrogen) atoms. The van der Waals surface area contributed by atoms with Crippen LogP contribution in [0.1, 0.15) is 22.8 Å². The van der Waals surface area contributed by atoms with Crippen molar-refractivity contribution in [3.63, 3.8) is 0 Å². The number of hydrogen-bond donors (Lipinski definition) is 10. The van der Waals surface area contributed by atoms with Crippen LogP contribution < -0.4 is 0 Å². The summed E-state index contributed by atoms with van der Waals surface area (Å²) in [6.45, 7) is 0. The van der Waals surface area contributed by atoms with Gasteiger partial charge in [-0.3, -0.25) is 0 Å². The van der Waals surface area contributed by atoms with Crippen LogP contribution in [-0.4, -0.2) is 60.8 Å². The van der Waals surface area contributed by atoms with Gasteiger partial charge in [0, 0.05) is 61.4 Å². The van der Waals surface area contributed by atoms with Crippen molar-refractivity contribution in [2.45, 2.75) is 0 Å². The summed E-state index contributed by atoms with van der Waals surface area (Å²) in [5.41, 5.74) is 3.95. The van der Waals surface area contributed by atoms with Crippen molar-refractivity contribution in [2.24, 2.45) is 0 Å². The Morgan fingerprint density at radius 2 is 0.474 bits per heavy atom. The molecule has 13 heteroatoms. The molecule has 8 bridgehead atoms. The summed E-state index contributed by atoms with van der Waals surface area (Å²) in [5, 5.41) is 89.6. The van der Waals surface area contributed by atoms with Gasteiger partial charge in [-0.2, -0.15) is 0 Å². The van der Waals surface area contributed by atoms with Crippen LogP contribution in [0.5, 0.6) is 46.0 Å². The SMILES string of the molecule is Oc1cccc(O)c1-c1c2nc(c(-c3c(O)cccc3O)c3ccc([nH]3)c(-c3c(O)cccc3O)c3nc(c(-c4c(O)cccc4O)c4ccc1[nH]4)C=C3)C=C2.[Fe]. The number of benzene rings is 4. The fourth-order valence-electron chi connectivity index (χ4n) is 7.40. The van der Waals surface area contributed by atoms with E-state index in [1.807, 2.05) is 0 Å². The monoisotopic (exact) mass is 798 g/mol. The molecule has 0 saturated carbocycles. The standard InChI is InChI=1S/C44H30N4O8.Fe/c49-29-5-1-6-30(50)41(29)37-21-13-15-23(45-21)38(42-31(51)7-2-8-32(42)52)25-17-19-27(47-25)40(44-35(55)11-4-12-36(44)56)28-20-18-26(48-28)39(24-16-14-22(37)46-24)43-33(53)9-3-10-34(43)54;/h1-20,45,48-56H;. The van der Waals surface area contributed by atoms with Gasteiger partial charge in [0.15, 0.2) is 0 Å². The van der Waals surface area contributed by atoms with E-state index in [2.05, 4.69) is 9.97 Å². The second kappa shape index (κ2) is 13.9. The topological polar surface area (TPSA) is 219 Å². The molecule has 0 aliphatic carbocycles. The van der Waals surface area contributed by atoms with Gasteiger partial charge in [-0.05, 0) is 97.1 Å². The molecule has 3 aromatic heterocycles. The molecule has 12 nitrogen and oxygen atoms in total. The Bertz CT molecular complexity index is 2560. The smallest absolute Gasteiger partial charge is 0.127 e. The van der Waals surface area contributed by atoms with Crippen LogP contribution in [0.15, 0.2) is 97.1 Å². The number of aromatic hydroxyl groups is 8. The average molecular weight is 799 g/mol. The average Bonchev–Trinajstić information content (AvgIpc) is 4.00.